The Bertz CT molecular complexity index is 431. The third-order valence-electron chi connectivity index (χ3n) is 3.20. The summed E-state index contributed by atoms with van der Waals surface area (Å²) in [4.78, 5) is 6.84. The molecule has 0 saturated heterocycles. The Kier molecular flexibility index (Phi) is 4.11. The first-order valence-corrected chi connectivity index (χ1v) is 6.29. The predicted molar refractivity (Wildman–Crippen MR) is 63.5 cm³/mol. The molecular weight excluding hydrogens is 259 g/mol. The number of anilines is 1. The van der Waals surface area contributed by atoms with E-state index in [2.05, 4.69) is 9.97 Å². The van der Waals surface area contributed by atoms with E-state index in [-0.39, 0.29) is 5.88 Å². The quantitative estimate of drug-likeness (QED) is 0.921. The number of hydrogen-bond donors (Lipinski definition) is 1. The molecule has 1 aliphatic rings. The number of ether oxygens (including phenoxy) is 1. The number of aromatic nitrogens is 2. The average Bonchev–Trinajstić information content (AvgIpc) is 2.36. The molecule has 0 amide bonds. The van der Waals surface area contributed by atoms with Gasteiger partial charge in [-0.05, 0) is 18.8 Å². The first kappa shape index (κ1) is 13.9. The van der Waals surface area contributed by atoms with Crippen LogP contribution in [0.3, 0.4) is 0 Å². The van der Waals surface area contributed by atoms with E-state index in [4.69, 9.17) is 10.5 Å². The van der Waals surface area contributed by atoms with Gasteiger partial charge in [0.05, 0.1) is 6.61 Å². The third-order valence-corrected chi connectivity index (χ3v) is 3.20. The van der Waals surface area contributed by atoms with E-state index >= 15 is 0 Å². The van der Waals surface area contributed by atoms with Crippen molar-refractivity contribution in [2.24, 2.45) is 5.92 Å². The van der Waals surface area contributed by atoms with Crippen molar-refractivity contribution in [3.8, 4) is 5.88 Å². The van der Waals surface area contributed by atoms with Crippen LogP contribution in [0.4, 0.5) is 19.1 Å². The summed E-state index contributed by atoms with van der Waals surface area (Å²) < 4.78 is 43.0. The van der Waals surface area contributed by atoms with E-state index in [1.807, 2.05) is 0 Å². The molecule has 1 aromatic rings. The maximum atomic E-state index is 12.5. The second-order valence-corrected chi connectivity index (χ2v) is 4.76. The summed E-state index contributed by atoms with van der Waals surface area (Å²) >= 11 is 0. The van der Waals surface area contributed by atoms with Gasteiger partial charge in [-0.2, -0.15) is 18.2 Å². The molecule has 4 nitrogen and oxygen atoms in total. The molecule has 0 atom stereocenters. The number of alkyl halides is 3. The number of hydrogen-bond acceptors (Lipinski definition) is 4. The van der Waals surface area contributed by atoms with Crippen LogP contribution < -0.4 is 10.5 Å². The molecule has 2 rings (SSSR count). The van der Waals surface area contributed by atoms with Crippen LogP contribution in [0.1, 0.15) is 37.8 Å². The largest absolute Gasteiger partial charge is 0.477 e. The van der Waals surface area contributed by atoms with E-state index in [1.165, 1.54) is 6.42 Å². The van der Waals surface area contributed by atoms with E-state index < -0.39 is 17.8 Å². The van der Waals surface area contributed by atoms with Crippen molar-refractivity contribution in [3.63, 3.8) is 0 Å². The highest BCUT2D eigenvalue weighted by Crippen LogP contribution is 2.30. The summed E-state index contributed by atoms with van der Waals surface area (Å²) in [6, 6.07) is 0.791. The molecule has 1 fully saturated rings. The topological polar surface area (TPSA) is 61.0 Å². The number of rotatable bonds is 3. The minimum absolute atomic E-state index is 0.106. The van der Waals surface area contributed by atoms with Crippen molar-refractivity contribution < 1.29 is 17.9 Å². The molecule has 1 aromatic heterocycles. The van der Waals surface area contributed by atoms with Crippen LogP contribution >= 0.6 is 0 Å². The van der Waals surface area contributed by atoms with Gasteiger partial charge in [0.25, 0.3) is 0 Å². The molecule has 0 bridgehead atoms. The molecule has 1 aliphatic carbocycles. The van der Waals surface area contributed by atoms with Crippen LogP contribution in [0.25, 0.3) is 0 Å². The average molecular weight is 275 g/mol. The van der Waals surface area contributed by atoms with E-state index in [9.17, 15) is 13.2 Å². The summed E-state index contributed by atoms with van der Waals surface area (Å²) in [5, 5.41) is 0. The summed E-state index contributed by atoms with van der Waals surface area (Å²) in [6.07, 6.45) is 1.07. The number of nitrogen functional groups attached to an aromatic ring is 1. The lowest BCUT2D eigenvalue weighted by Gasteiger charge is -2.21. The van der Waals surface area contributed by atoms with Crippen molar-refractivity contribution in [2.75, 3.05) is 12.3 Å². The minimum atomic E-state index is -4.54. The lowest BCUT2D eigenvalue weighted by Crippen LogP contribution is -2.17. The lowest BCUT2D eigenvalue weighted by atomic mass is 9.90. The zero-order chi connectivity index (χ0) is 13.9. The molecule has 19 heavy (non-hydrogen) atoms. The number of nitrogens with zero attached hydrogens (tertiary/aromatic N) is 2. The van der Waals surface area contributed by atoms with Crippen molar-refractivity contribution in [1.29, 1.82) is 0 Å². The molecule has 2 N–H and O–H groups in total. The first-order chi connectivity index (χ1) is 8.95. The Morgan fingerprint density at radius 2 is 1.89 bits per heavy atom. The van der Waals surface area contributed by atoms with Gasteiger partial charge in [0, 0.05) is 6.07 Å². The standard InChI is InChI=1S/C12H16F3N3O/c13-12(14,15)9-6-10(18-11(16)17-9)19-7-8-4-2-1-3-5-8/h6,8H,1-5,7H2,(H2,16,17,18). The van der Waals surface area contributed by atoms with E-state index in [1.54, 1.807) is 0 Å². The normalized spacial score (nSPS) is 17.4. The van der Waals surface area contributed by atoms with Crippen molar-refractivity contribution >= 4 is 5.95 Å². The number of nitrogens with two attached hydrogens (primary N) is 1. The molecule has 7 heteroatoms. The predicted octanol–water partition coefficient (Wildman–Crippen LogP) is 3.04. The smallest absolute Gasteiger partial charge is 0.433 e. The third kappa shape index (κ3) is 3.97. The lowest BCUT2D eigenvalue weighted by molar-refractivity contribution is -0.141. The number of halogens is 3. The highest BCUT2D eigenvalue weighted by atomic mass is 19.4. The van der Waals surface area contributed by atoms with Crippen LogP contribution in [0.5, 0.6) is 5.88 Å². The molecule has 0 unspecified atom stereocenters. The summed E-state index contributed by atoms with van der Waals surface area (Å²) in [7, 11) is 0. The highest BCUT2D eigenvalue weighted by Gasteiger charge is 2.33. The molecule has 1 saturated carbocycles. The molecule has 106 valence electrons. The van der Waals surface area contributed by atoms with Crippen LogP contribution in [-0.4, -0.2) is 16.6 Å². The van der Waals surface area contributed by atoms with Gasteiger partial charge in [0.1, 0.15) is 0 Å². The highest BCUT2D eigenvalue weighted by molar-refractivity contribution is 5.27. The Hall–Kier alpha value is -1.53. The Balaban J connectivity index is 2.01. The maximum Gasteiger partial charge on any atom is 0.433 e. The van der Waals surface area contributed by atoms with Gasteiger partial charge in [0.2, 0.25) is 11.8 Å². The fraction of sp³-hybridized carbons (Fsp3) is 0.667. The zero-order valence-electron chi connectivity index (χ0n) is 10.4. The minimum Gasteiger partial charge on any atom is -0.477 e. The van der Waals surface area contributed by atoms with Gasteiger partial charge in [0.15, 0.2) is 5.69 Å². The van der Waals surface area contributed by atoms with Crippen molar-refractivity contribution in [1.82, 2.24) is 9.97 Å². The van der Waals surface area contributed by atoms with Gasteiger partial charge in [-0.3, -0.25) is 0 Å². The SMILES string of the molecule is Nc1nc(OCC2CCCCC2)cc(C(F)(F)F)n1. The molecule has 0 aromatic carbocycles. The van der Waals surface area contributed by atoms with Gasteiger partial charge in [-0.1, -0.05) is 19.3 Å². The molecule has 0 radical (unpaired) electrons. The second-order valence-electron chi connectivity index (χ2n) is 4.76. The maximum absolute atomic E-state index is 12.5. The Morgan fingerprint density at radius 3 is 2.53 bits per heavy atom. The van der Waals surface area contributed by atoms with Crippen LogP contribution in [0, 0.1) is 5.92 Å². The summed E-state index contributed by atoms with van der Waals surface area (Å²) in [5.74, 6) is -0.141. The summed E-state index contributed by atoms with van der Waals surface area (Å²) in [5.41, 5.74) is 4.19. The first-order valence-electron chi connectivity index (χ1n) is 6.29. The molecule has 0 spiro atoms. The molecule has 1 heterocycles. The van der Waals surface area contributed by atoms with Gasteiger partial charge in [-0.15, -0.1) is 0 Å². The Morgan fingerprint density at radius 1 is 1.21 bits per heavy atom. The van der Waals surface area contributed by atoms with Gasteiger partial charge in [-0.25, -0.2) is 4.98 Å². The van der Waals surface area contributed by atoms with Gasteiger partial charge < -0.3 is 10.5 Å². The zero-order valence-corrected chi connectivity index (χ0v) is 10.4. The van der Waals surface area contributed by atoms with Gasteiger partial charge >= 0.3 is 6.18 Å². The van der Waals surface area contributed by atoms with Crippen molar-refractivity contribution in [3.05, 3.63) is 11.8 Å². The van der Waals surface area contributed by atoms with Crippen LogP contribution in [-0.2, 0) is 6.18 Å². The van der Waals surface area contributed by atoms with Crippen molar-refractivity contribution in [2.45, 2.75) is 38.3 Å². The summed E-state index contributed by atoms with van der Waals surface area (Å²) in [6.45, 7) is 0.383. The second kappa shape index (κ2) is 5.63. The fourth-order valence-corrected chi connectivity index (χ4v) is 2.22. The monoisotopic (exact) mass is 275 g/mol. The van der Waals surface area contributed by atoms with Crippen LogP contribution in [0.15, 0.2) is 6.07 Å². The molecule has 0 aliphatic heterocycles. The van der Waals surface area contributed by atoms with Crippen LogP contribution in [0.2, 0.25) is 0 Å². The fourth-order valence-electron chi connectivity index (χ4n) is 2.22. The van der Waals surface area contributed by atoms with E-state index in [0.717, 1.165) is 31.7 Å². The Labute approximate surface area is 109 Å². The van der Waals surface area contributed by atoms with E-state index in [0.29, 0.717) is 12.5 Å². The molecular formula is C12H16F3N3O.